The van der Waals surface area contributed by atoms with E-state index in [0.717, 1.165) is 37.3 Å². The van der Waals surface area contributed by atoms with Crippen LogP contribution in [0.2, 0.25) is 0 Å². The third-order valence-electron chi connectivity index (χ3n) is 4.31. The van der Waals surface area contributed by atoms with Crippen molar-refractivity contribution in [1.82, 2.24) is 9.88 Å². The molecule has 1 saturated carbocycles. The zero-order valence-electron chi connectivity index (χ0n) is 12.8. The molecule has 1 aliphatic rings. The number of aldehydes is 1. The molecule has 1 fully saturated rings. The Bertz CT molecular complexity index is 436. The molecule has 2 rings (SSSR count). The third-order valence-corrected chi connectivity index (χ3v) is 4.31. The largest absolute Gasteiger partial charge is 0.303 e. The molecule has 0 spiro atoms. The standard InChI is InChI=1S/C17H26N2O/c1-15-8-7-9-16(18-15)12-19(2)13-17(14-20)10-5-3-4-6-11-17/h7-9,14H,3-6,10-13H2,1-2H3. The second-order valence-electron chi connectivity index (χ2n) is 6.34. The van der Waals surface area contributed by atoms with Crippen LogP contribution < -0.4 is 0 Å². The minimum atomic E-state index is -0.130. The van der Waals surface area contributed by atoms with E-state index in [1.165, 1.54) is 32.0 Å². The van der Waals surface area contributed by atoms with E-state index in [0.29, 0.717) is 0 Å². The topological polar surface area (TPSA) is 33.2 Å². The van der Waals surface area contributed by atoms with Crippen LogP contribution in [0.3, 0.4) is 0 Å². The smallest absolute Gasteiger partial charge is 0.127 e. The fraction of sp³-hybridized carbons (Fsp3) is 0.647. The molecule has 1 aromatic heterocycles. The molecule has 0 N–H and O–H groups in total. The molecular weight excluding hydrogens is 248 g/mol. The van der Waals surface area contributed by atoms with Gasteiger partial charge in [0.1, 0.15) is 6.29 Å². The molecule has 0 unspecified atom stereocenters. The van der Waals surface area contributed by atoms with Gasteiger partial charge in [-0.05, 0) is 38.9 Å². The quantitative estimate of drug-likeness (QED) is 0.610. The van der Waals surface area contributed by atoms with Crippen LogP contribution in [0.1, 0.15) is 49.9 Å². The molecule has 0 bridgehead atoms. The van der Waals surface area contributed by atoms with Gasteiger partial charge in [0.15, 0.2) is 0 Å². The maximum Gasteiger partial charge on any atom is 0.127 e. The molecule has 0 amide bonds. The summed E-state index contributed by atoms with van der Waals surface area (Å²) in [6, 6.07) is 6.12. The van der Waals surface area contributed by atoms with E-state index in [-0.39, 0.29) is 5.41 Å². The van der Waals surface area contributed by atoms with Gasteiger partial charge in [-0.15, -0.1) is 0 Å². The Labute approximate surface area is 122 Å². The van der Waals surface area contributed by atoms with E-state index in [1.807, 2.05) is 19.1 Å². The number of aryl methyl sites for hydroxylation is 1. The maximum absolute atomic E-state index is 11.6. The Morgan fingerprint density at radius 3 is 2.55 bits per heavy atom. The van der Waals surface area contributed by atoms with Gasteiger partial charge in [-0.3, -0.25) is 9.88 Å². The van der Waals surface area contributed by atoms with Crippen molar-refractivity contribution in [2.75, 3.05) is 13.6 Å². The minimum Gasteiger partial charge on any atom is -0.303 e. The van der Waals surface area contributed by atoms with Crippen LogP contribution in [0.25, 0.3) is 0 Å². The van der Waals surface area contributed by atoms with Gasteiger partial charge in [-0.25, -0.2) is 0 Å². The molecule has 3 nitrogen and oxygen atoms in total. The minimum absolute atomic E-state index is 0.130. The predicted octanol–water partition coefficient (Wildman–Crippen LogP) is 3.36. The molecule has 1 aliphatic carbocycles. The number of hydrogen-bond donors (Lipinski definition) is 0. The molecule has 110 valence electrons. The highest BCUT2D eigenvalue weighted by Gasteiger charge is 2.31. The molecule has 0 saturated heterocycles. The van der Waals surface area contributed by atoms with Gasteiger partial charge in [0.2, 0.25) is 0 Å². The summed E-state index contributed by atoms with van der Waals surface area (Å²) >= 11 is 0. The number of aromatic nitrogens is 1. The number of pyridine rings is 1. The Morgan fingerprint density at radius 1 is 1.25 bits per heavy atom. The highest BCUT2D eigenvalue weighted by Crippen LogP contribution is 2.34. The summed E-state index contributed by atoms with van der Waals surface area (Å²) in [5.41, 5.74) is 2.01. The van der Waals surface area contributed by atoms with Crippen LogP contribution in [-0.4, -0.2) is 29.8 Å². The Kier molecular flexibility index (Phi) is 5.30. The van der Waals surface area contributed by atoms with Crippen molar-refractivity contribution in [2.24, 2.45) is 5.41 Å². The van der Waals surface area contributed by atoms with E-state index >= 15 is 0 Å². The fourth-order valence-corrected chi connectivity index (χ4v) is 3.30. The van der Waals surface area contributed by atoms with Crippen molar-refractivity contribution in [1.29, 1.82) is 0 Å². The van der Waals surface area contributed by atoms with Crippen LogP contribution in [0.5, 0.6) is 0 Å². The lowest BCUT2D eigenvalue weighted by Gasteiger charge is -2.31. The van der Waals surface area contributed by atoms with Crippen LogP contribution in [-0.2, 0) is 11.3 Å². The summed E-state index contributed by atoms with van der Waals surface area (Å²) in [6.45, 7) is 3.69. The maximum atomic E-state index is 11.6. The van der Waals surface area contributed by atoms with Crippen molar-refractivity contribution in [3.05, 3.63) is 29.6 Å². The summed E-state index contributed by atoms with van der Waals surface area (Å²) in [6.07, 6.45) is 8.24. The van der Waals surface area contributed by atoms with E-state index in [1.54, 1.807) is 0 Å². The molecule has 0 aromatic carbocycles. The van der Waals surface area contributed by atoms with E-state index < -0.39 is 0 Å². The lowest BCUT2D eigenvalue weighted by atomic mass is 9.81. The van der Waals surface area contributed by atoms with E-state index in [4.69, 9.17) is 0 Å². The number of rotatable bonds is 5. The third kappa shape index (κ3) is 4.14. The SMILES string of the molecule is Cc1cccc(CN(C)CC2(C=O)CCCCCC2)n1. The normalized spacial score (nSPS) is 18.8. The van der Waals surface area contributed by atoms with Crippen molar-refractivity contribution in [2.45, 2.75) is 52.0 Å². The van der Waals surface area contributed by atoms with Gasteiger partial charge in [-0.2, -0.15) is 0 Å². The van der Waals surface area contributed by atoms with E-state index in [2.05, 4.69) is 23.0 Å². The molecule has 0 radical (unpaired) electrons. The molecule has 1 heterocycles. The van der Waals surface area contributed by atoms with Crippen LogP contribution in [0.4, 0.5) is 0 Å². The van der Waals surface area contributed by atoms with Gasteiger partial charge in [0, 0.05) is 24.2 Å². The van der Waals surface area contributed by atoms with Gasteiger partial charge >= 0.3 is 0 Å². The Hall–Kier alpha value is -1.22. The Morgan fingerprint density at radius 2 is 1.95 bits per heavy atom. The predicted molar refractivity (Wildman–Crippen MR) is 81.5 cm³/mol. The summed E-state index contributed by atoms with van der Waals surface area (Å²) < 4.78 is 0. The van der Waals surface area contributed by atoms with Gasteiger partial charge in [0.05, 0.1) is 5.69 Å². The zero-order chi connectivity index (χ0) is 14.4. The second kappa shape index (κ2) is 6.98. The lowest BCUT2D eigenvalue weighted by molar-refractivity contribution is -0.118. The molecule has 20 heavy (non-hydrogen) atoms. The lowest BCUT2D eigenvalue weighted by Crippen LogP contribution is -2.36. The van der Waals surface area contributed by atoms with Crippen molar-refractivity contribution in [3.63, 3.8) is 0 Å². The van der Waals surface area contributed by atoms with Crippen LogP contribution >= 0.6 is 0 Å². The van der Waals surface area contributed by atoms with Gasteiger partial charge in [-0.1, -0.05) is 31.7 Å². The molecular formula is C17H26N2O. The van der Waals surface area contributed by atoms with Crippen LogP contribution in [0, 0.1) is 12.3 Å². The van der Waals surface area contributed by atoms with Gasteiger partial charge in [0.25, 0.3) is 0 Å². The first kappa shape index (κ1) is 15.2. The highest BCUT2D eigenvalue weighted by atomic mass is 16.1. The van der Waals surface area contributed by atoms with Gasteiger partial charge < -0.3 is 4.79 Å². The Balaban J connectivity index is 1.98. The fourth-order valence-electron chi connectivity index (χ4n) is 3.30. The summed E-state index contributed by atoms with van der Waals surface area (Å²) in [7, 11) is 2.10. The molecule has 0 atom stereocenters. The van der Waals surface area contributed by atoms with Crippen molar-refractivity contribution < 1.29 is 4.79 Å². The molecule has 0 aliphatic heterocycles. The second-order valence-corrected chi connectivity index (χ2v) is 6.34. The average molecular weight is 274 g/mol. The number of hydrogen-bond acceptors (Lipinski definition) is 3. The van der Waals surface area contributed by atoms with Crippen molar-refractivity contribution >= 4 is 6.29 Å². The summed E-state index contributed by atoms with van der Waals surface area (Å²) in [5.74, 6) is 0. The number of carbonyl (C=O) groups is 1. The number of carbonyl (C=O) groups excluding carboxylic acids is 1. The monoisotopic (exact) mass is 274 g/mol. The number of nitrogens with zero attached hydrogens (tertiary/aromatic N) is 2. The summed E-state index contributed by atoms with van der Waals surface area (Å²) in [5, 5.41) is 0. The average Bonchev–Trinajstić information content (AvgIpc) is 2.65. The summed E-state index contributed by atoms with van der Waals surface area (Å²) in [4.78, 5) is 18.4. The van der Waals surface area contributed by atoms with E-state index in [9.17, 15) is 4.79 Å². The molecule has 3 heteroatoms. The first-order chi connectivity index (χ1) is 9.63. The van der Waals surface area contributed by atoms with Crippen LogP contribution in [0.15, 0.2) is 18.2 Å². The first-order valence-electron chi connectivity index (χ1n) is 7.71. The zero-order valence-corrected chi connectivity index (χ0v) is 12.8. The molecule has 1 aromatic rings. The first-order valence-corrected chi connectivity index (χ1v) is 7.71. The van der Waals surface area contributed by atoms with Crippen molar-refractivity contribution in [3.8, 4) is 0 Å². The highest BCUT2D eigenvalue weighted by molar-refractivity contribution is 5.59.